The van der Waals surface area contributed by atoms with Crippen LogP contribution in [0.1, 0.15) is 21.5 Å². The molecule has 0 atom stereocenters. The van der Waals surface area contributed by atoms with Crippen LogP contribution in [0.4, 0.5) is 42.5 Å². The number of alkyl halides is 6. The summed E-state index contributed by atoms with van der Waals surface area (Å²) in [5.41, 5.74) is -3.23. The Morgan fingerprint density at radius 1 is 0.968 bits per heavy atom. The van der Waals surface area contributed by atoms with E-state index < -0.39 is 41.1 Å². The molecule has 6 nitrogen and oxygen atoms in total. The van der Waals surface area contributed by atoms with Crippen LogP contribution in [-0.2, 0) is 12.4 Å². The Morgan fingerprint density at radius 2 is 1.58 bits per heavy atom. The largest absolute Gasteiger partial charge is 0.490 e. The maximum Gasteiger partial charge on any atom is 0.416 e. The van der Waals surface area contributed by atoms with Crippen molar-refractivity contribution in [1.82, 2.24) is 5.32 Å². The Kier molecular flexibility index (Phi) is 5.74. The van der Waals surface area contributed by atoms with Crippen molar-refractivity contribution in [3.63, 3.8) is 0 Å². The first-order chi connectivity index (χ1) is 14.3. The number of urea groups is 1. The predicted octanol–water partition coefficient (Wildman–Crippen LogP) is 4.51. The van der Waals surface area contributed by atoms with E-state index in [1.165, 1.54) is 12.1 Å². The summed E-state index contributed by atoms with van der Waals surface area (Å²) < 4.78 is 82.9. The zero-order valence-electron chi connectivity index (χ0n) is 15.8. The number of carbonyl (C=O) groups is 2. The van der Waals surface area contributed by atoms with Crippen LogP contribution >= 0.6 is 0 Å². The molecule has 1 aliphatic rings. The first-order valence-electron chi connectivity index (χ1n) is 8.74. The number of likely N-dealkylation sites (N-methyl/N-ethyl adjacent to an activating group) is 1. The first-order valence-corrected chi connectivity index (χ1v) is 8.74. The Hall–Kier alpha value is -3.44. The molecule has 0 radical (unpaired) electrons. The molecule has 2 aromatic carbocycles. The zero-order valence-corrected chi connectivity index (χ0v) is 15.8. The third-order valence-corrected chi connectivity index (χ3v) is 4.39. The molecule has 0 unspecified atom stereocenters. The zero-order chi connectivity index (χ0) is 23.0. The van der Waals surface area contributed by atoms with Crippen LogP contribution < -0.4 is 20.3 Å². The Bertz CT molecular complexity index is 988. The van der Waals surface area contributed by atoms with Gasteiger partial charge in [0.15, 0.2) is 0 Å². The summed E-state index contributed by atoms with van der Waals surface area (Å²) in [6.07, 6.45) is -10.1. The number of hydrogen-bond donors (Lipinski definition) is 2. The number of fused-ring (bicyclic) bond motifs is 1. The molecule has 0 bridgehead atoms. The first kappa shape index (κ1) is 22.2. The molecule has 0 saturated carbocycles. The van der Waals surface area contributed by atoms with E-state index in [4.69, 9.17) is 4.74 Å². The highest BCUT2D eigenvalue weighted by atomic mass is 19.4. The molecule has 1 aliphatic heterocycles. The van der Waals surface area contributed by atoms with Gasteiger partial charge in [0.05, 0.1) is 23.4 Å². The summed E-state index contributed by atoms with van der Waals surface area (Å²) in [4.78, 5) is 26.2. The molecule has 12 heteroatoms. The summed E-state index contributed by atoms with van der Waals surface area (Å²) in [6.45, 7) is 1.02. The number of rotatable bonds is 2. The van der Waals surface area contributed by atoms with Crippen LogP contribution in [0.2, 0.25) is 0 Å². The maximum absolute atomic E-state index is 12.9. The monoisotopic (exact) mass is 447 g/mol. The fraction of sp³-hybridized carbons (Fsp3) is 0.263. The van der Waals surface area contributed by atoms with Crippen molar-refractivity contribution in [2.75, 3.05) is 30.4 Å². The van der Waals surface area contributed by atoms with Crippen molar-refractivity contribution in [2.24, 2.45) is 0 Å². The molecule has 2 aromatic rings. The molecule has 2 N–H and O–H groups in total. The van der Waals surface area contributed by atoms with Crippen molar-refractivity contribution in [3.05, 3.63) is 53.1 Å². The van der Waals surface area contributed by atoms with Gasteiger partial charge in [-0.3, -0.25) is 10.1 Å². The number of hydrogen-bond acceptors (Lipinski definition) is 4. The van der Waals surface area contributed by atoms with Gasteiger partial charge in [-0.25, -0.2) is 4.79 Å². The lowest BCUT2D eigenvalue weighted by Gasteiger charge is -2.27. The Morgan fingerprint density at radius 3 is 2.16 bits per heavy atom. The fourth-order valence-electron chi connectivity index (χ4n) is 2.86. The van der Waals surface area contributed by atoms with E-state index in [1.54, 1.807) is 6.07 Å². The number of ether oxygens (including phenoxy) is 1. The minimum Gasteiger partial charge on any atom is -0.490 e. The molecular weight excluding hydrogens is 432 g/mol. The summed E-state index contributed by atoms with van der Waals surface area (Å²) in [5.74, 6) is -0.519. The average molecular weight is 447 g/mol. The van der Waals surface area contributed by atoms with Crippen LogP contribution in [0.3, 0.4) is 0 Å². The molecule has 3 amide bonds. The highest BCUT2D eigenvalue weighted by molar-refractivity contribution is 6.08. The number of benzene rings is 2. The fourth-order valence-corrected chi connectivity index (χ4v) is 2.86. The standard InChI is InChI=1S/C19H15F6N3O3/c1-28-4-5-31-15-6-10(2-3-14(15)28)16(29)27-17(30)26-13-8-11(18(20,21)22)7-12(9-13)19(23,24)25/h2-3,6-9H,4-5H2,1H3,(H2,26,27,29,30). The summed E-state index contributed by atoms with van der Waals surface area (Å²) in [7, 11) is 1.82. The highest BCUT2D eigenvalue weighted by Crippen LogP contribution is 2.37. The lowest BCUT2D eigenvalue weighted by Crippen LogP contribution is -2.35. The molecule has 166 valence electrons. The number of amides is 3. The second-order valence-electron chi connectivity index (χ2n) is 6.66. The van der Waals surface area contributed by atoms with Crippen molar-refractivity contribution < 1.29 is 40.7 Å². The molecule has 0 aliphatic carbocycles. The number of nitrogens with zero attached hydrogens (tertiary/aromatic N) is 1. The lowest BCUT2D eigenvalue weighted by molar-refractivity contribution is -0.143. The second kappa shape index (κ2) is 8.00. The molecule has 31 heavy (non-hydrogen) atoms. The average Bonchev–Trinajstić information content (AvgIpc) is 2.66. The van der Waals surface area contributed by atoms with E-state index in [-0.39, 0.29) is 11.6 Å². The van der Waals surface area contributed by atoms with Gasteiger partial charge in [-0.2, -0.15) is 26.3 Å². The molecule has 0 aromatic heterocycles. The number of halogens is 6. The van der Waals surface area contributed by atoms with Gasteiger partial charge in [-0.1, -0.05) is 0 Å². The SMILES string of the molecule is CN1CCOc2cc(C(=O)NC(=O)Nc3cc(C(F)(F)F)cc(C(F)(F)F)c3)ccc21. The molecular formula is C19H15F6N3O3. The summed E-state index contributed by atoms with van der Waals surface area (Å²) >= 11 is 0. The van der Waals surface area contributed by atoms with E-state index in [0.29, 0.717) is 31.0 Å². The lowest BCUT2D eigenvalue weighted by atomic mass is 10.1. The van der Waals surface area contributed by atoms with E-state index in [0.717, 1.165) is 5.69 Å². The Labute approximate surface area is 171 Å². The van der Waals surface area contributed by atoms with E-state index >= 15 is 0 Å². The minimum absolute atomic E-state index is 0.0178. The van der Waals surface area contributed by atoms with Crippen LogP contribution in [0, 0.1) is 0 Å². The third kappa shape index (κ3) is 5.19. The molecule has 3 rings (SSSR count). The van der Waals surface area contributed by atoms with Gasteiger partial charge in [0.2, 0.25) is 0 Å². The predicted molar refractivity (Wildman–Crippen MR) is 98.1 cm³/mol. The van der Waals surface area contributed by atoms with Crippen molar-refractivity contribution in [3.8, 4) is 5.75 Å². The number of anilines is 2. The topological polar surface area (TPSA) is 70.7 Å². The quantitative estimate of drug-likeness (QED) is 0.665. The van der Waals surface area contributed by atoms with Gasteiger partial charge in [0, 0.05) is 18.3 Å². The van der Waals surface area contributed by atoms with Gasteiger partial charge in [0.25, 0.3) is 5.91 Å². The third-order valence-electron chi connectivity index (χ3n) is 4.39. The van der Waals surface area contributed by atoms with Crippen LogP contribution in [0.5, 0.6) is 5.75 Å². The van der Waals surface area contributed by atoms with E-state index in [9.17, 15) is 35.9 Å². The van der Waals surface area contributed by atoms with Crippen molar-refractivity contribution >= 4 is 23.3 Å². The van der Waals surface area contributed by atoms with Gasteiger partial charge in [-0.15, -0.1) is 0 Å². The number of nitrogens with one attached hydrogen (secondary N) is 2. The van der Waals surface area contributed by atoms with E-state index in [1.807, 2.05) is 22.6 Å². The molecule has 0 fully saturated rings. The molecule has 0 spiro atoms. The van der Waals surface area contributed by atoms with Gasteiger partial charge < -0.3 is 15.0 Å². The normalized spacial score (nSPS) is 13.8. The van der Waals surface area contributed by atoms with Crippen LogP contribution in [-0.4, -0.2) is 32.1 Å². The number of imide groups is 1. The van der Waals surface area contributed by atoms with Crippen molar-refractivity contribution in [1.29, 1.82) is 0 Å². The highest BCUT2D eigenvalue weighted by Gasteiger charge is 2.37. The van der Waals surface area contributed by atoms with E-state index in [2.05, 4.69) is 0 Å². The minimum atomic E-state index is -5.07. The second-order valence-corrected chi connectivity index (χ2v) is 6.66. The molecule has 0 saturated heterocycles. The summed E-state index contributed by atoms with van der Waals surface area (Å²) in [5, 5.41) is 3.69. The number of carbonyl (C=O) groups excluding carboxylic acids is 2. The van der Waals surface area contributed by atoms with Gasteiger partial charge >= 0.3 is 18.4 Å². The van der Waals surface area contributed by atoms with Crippen molar-refractivity contribution in [2.45, 2.75) is 12.4 Å². The smallest absolute Gasteiger partial charge is 0.416 e. The Balaban J connectivity index is 1.77. The van der Waals surface area contributed by atoms with Gasteiger partial charge in [0.1, 0.15) is 12.4 Å². The molecule has 1 heterocycles. The maximum atomic E-state index is 12.9. The van der Waals surface area contributed by atoms with Crippen LogP contribution in [0.15, 0.2) is 36.4 Å². The van der Waals surface area contributed by atoms with Crippen LogP contribution in [0.25, 0.3) is 0 Å². The van der Waals surface area contributed by atoms with Gasteiger partial charge in [-0.05, 0) is 36.4 Å². The summed E-state index contributed by atoms with van der Waals surface area (Å²) in [6, 6.07) is 3.66.